The zero-order valence-electron chi connectivity index (χ0n) is 12.0. The second kappa shape index (κ2) is 5.01. The molecule has 1 aliphatic carbocycles. The molecular formula is C17H24N2. The summed E-state index contributed by atoms with van der Waals surface area (Å²) in [6, 6.07) is 7.10. The Morgan fingerprint density at radius 2 is 2.00 bits per heavy atom. The summed E-state index contributed by atoms with van der Waals surface area (Å²) in [7, 11) is 0. The van der Waals surface area contributed by atoms with E-state index in [4.69, 9.17) is 5.73 Å². The normalized spacial score (nSPS) is 23.9. The number of benzene rings is 1. The molecule has 0 amide bonds. The summed E-state index contributed by atoms with van der Waals surface area (Å²) in [6.45, 7) is 4.34. The van der Waals surface area contributed by atoms with Gasteiger partial charge in [0.05, 0.1) is 0 Å². The summed E-state index contributed by atoms with van der Waals surface area (Å²) in [6.07, 6.45) is 6.28. The van der Waals surface area contributed by atoms with Crippen LogP contribution in [0.2, 0.25) is 0 Å². The van der Waals surface area contributed by atoms with E-state index in [0.717, 1.165) is 6.42 Å². The number of nitrogens with one attached hydrogen (secondary N) is 1. The van der Waals surface area contributed by atoms with Crippen LogP contribution in [0, 0.1) is 19.8 Å². The Kier molecular flexibility index (Phi) is 3.36. The molecule has 0 spiro atoms. The van der Waals surface area contributed by atoms with E-state index in [-0.39, 0.29) is 0 Å². The maximum Gasteiger partial charge on any atom is 0.0461 e. The van der Waals surface area contributed by atoms with Crippen molar-refractivity contribution < 1.29 is 0 Å². The molecule has 1 fully saturated rings. The second-order valence-corrected chi connectivity index (χ2v) is 6.19. The first-order valence-corrected chi connectivity index (χ1v) is 7.48. The number of hydrogen-bond acceptors (Lipinski definition) is 1. The van der Waals surface area contributed by atoms with Gasteiger partial charge in [-0.1, -0.05) is 25.0 Å². The Morgan fingerprint density at radius 3 is 2.79 bits per heavy atom. The average molecular weight is 256 g/mol. The standard InChI is InChI=1S/C17H24N2/c1-11-7-8-14-15(12(2)19-17(14)9-11)10-13-5-3-4-6-16(13)18/h7-9,13,16,19H,3-6,10,18H2,1-2H3. The van der Waals surface area contributed by atoms with Gasteiger partial charge in [-0.3, -0.25) is 0 Å². The average Bonchev–Trinajstić information content (AvgIpc) is 2.68. The highest BCUT2D eigenvalue weighted by atomic mass is 14.7. The van der Waals surface area contributed by atoms with E-state index < -0.39 is 0 Å². The highest BCUT2D eigenvalue weighted by molar-refractivity contribution is 5.85. The van der Waals surface area contributed by atoms with Gasteiger partial charge in [-0.25, -0.2) is 0 Å². The predicted molar refractivity (Wildman–Crippen MR) is 81.4 cm³/mol. The minimum absolute atomic E-state index is 0.392. The smallest absolute Gasteiger partial charge is 0.0461 e. The van der Waals surface area contributed by atoms with E-state index in [0.29, 0.717) is 12.0 Å². The monoisotopic (exact) mass is 256 g/mol. The minimum atomic E-state index is 0.392. The van der Waals surface area contributed by atoms with Crippen molar-refractivity contribution >= 4 is 10.9 Å². The van der Waals surface area contributed by atoms with E-state index in [2.05, 4.69) is 37.0 Å². The van der Waals surface area contributed by atoms with E-state index in [1.165, 1.54) is 53.4 Å². The number of hydrogen-bond donors (Lipinski definition) is 2. The molecule has 2 aromatic rings. The van der Waals surface area contributed by atoms with Crippen molar-refractivity contribution in [3.05, 3.63) is 35.0 Å². The second-order valence-electron chi connectivity index (χ2n) is 6.19. The number of rotatable bonds is 2. The zero-order chi connectivity index (χ0) is 13.4. The van der Waals surface area contributed by atoms with Crippen LogP contribution in [0.25, 0.3) is 10.9 Å². The fourth-order valence-corrected chi connectivity index (χ4v) is 3.52. The van der Waals surface area contributed by atoms with Crippen molar-refractivity contribution in [2.24, 2.45) is 11.7 Å². The lowest BCUT2D eigenvalue weighted by Crippen LogP contribution is -2.34. The van der Waals surface area contributed by atoms with Crippen molar-refractivity contribution in [2.75, 3.05) is 0 Å². The van der Waals surface area contributed by atoms with Crippen LogP contribution in [0.15, 0.2) is 18.2 Å². The summed E-state index contributed by atoms with van der Waals surface area (Å²) in [4.78, 5) is 3.53. The Bertz CT molecular complexity index is 582. The van der Waals surface area contributed by atoms with Crippen LogP contribution in [-0.4, -0.2) is 11.0 Å². The van der Waals surface area contributed by atoms with Gasteiger partial charge >= 0.3 is 0 Å². The molecule has 2 heteroatoms. The summed E-state index contributed by atoms with van der Waals surface area (Å²) in [5, 5.41) is 1.39. The fourth-order valence-electron chi connectivity index (χ4n) is 3.52. The van der Waals surface area contributed by atoms with Crippen LogP contribution in [0.5, 0.6) is 0 Å². The number of nitrogens with two attached hydrogens (primary N) is 1. The lowest BCUT2D eigenvalue weighted by molar-refractivity contribution is 0.306. The first kappa shape index (κ1) is 12.7. The van der Waals surface area contributed by atoms with Crippen LogP contribution in [0.3, 0.4) is 0 Å². The van der Waals surface area contributed by atoms with E-state index in [1.54, 1.807) is 0 Å². The third kappa shape index (κ3) is 2.42. The van der Waals surface area contributed by atoms with E-state index in [1.807, 2.05) is 0 Å². The predicted octanol–water partition coefficient (Wildman–Crippen LogP) is 3.84. The van der Waals surface area contributed by atoms with Gasteiger partial charge < -0.3 is 10.7 Å². The third-order valence-corrected chi connectivity index (χ3v) is 4.71. The fraction of sp³-hybridized carbons (Fsp3) is 0.529. The molecule has 1 aromatic heterocycles. The highest BCUT2D eigenvalue weighted by Crippen LogP contribution is 2.31. The number of aromatic nitrogens is 1. The van der Waals surface area contributed by atoms with Gasteiger partial charge in [0, 0.05) is 22.6 Å². The quantitative estimate of drug-likeness (QED) is 0.842. The van der Waals surface area contributed by atoms with Crippen molar-refractivity contribution in [1.29, 1.82) is 0 Å². The van der Waals surface area contributed by atoms with Crippen LogP contribution >= 0.6 is 0 Å². The maximum atomic E-state index is 6.30. The highest BCUT2D eigenvalue weighted by Gasteiger charge is 2.23. The molecule has 102 valence electrons. The van der Waals surface area contributed by atoms with Crippen molar-refractivity contribution in [3.8, 4) is 0 Å². The maximum absolute atomic E-state index is 6.30. The van der Waals surface area contributed by atoms with Gasteiger partial charge in [-0.15, -0.1) is 0 Å². The molecule has 19 heavy (non-hydrogen) atoms. The Balaban J connectivity index is 1.93. The Labute approximate surface area is 115 Å². The van der Waals surface area contributed by atoms with E-state index in [9.17, 15) is 0 Å². The van der Waals surface area contributed by atoms with Crippen LogP contribution in [0.4, 0.5) is 0 Å². The molecule has 0 aliphatic heterocycles. The van der Waals surface area contributed by atoms with E-state index >= 15 is 0 Å². The van der Waals surface area contributed by atoms with Gasteiger partial charge in [0.1, 0.15) is 0 Å². The lowest BCUT2D eigenvalue weighted by atomic mass is 9.81. The molecule has 0 radical (unpaired) electrons. The summed E-state index contributed by atoms with van der Waals surface area (Å²) >= 11 is 0. The largest absolute Gasteiger partial charge is 0.358 e. The van der Waals surface area contributed by atoms with Crippen LogP contribution < -0.4 is 5.73 Å². The first-order chi connectivity index (χ1) is 9.15. The van der Waals surface area contributed by atoms with Crippen LogP contribution in [-0.2, 0) is 6.42 Å². The molecule has 1 aromatic carbocycles. The Hall–Kier alpha value is -1.28. The van der Waals surface area contributed by atoms with Gasteiger partial charge in [-0.05, 0) is 56.2 Å². The van der Waals surface area contributed by atoms with Gasteiger partial charge in [0.2, 0.25) is 0 Å². The van der Waals surface area contributed by atoms with Crippen molar-refractivity contribution in [2.45, 2.75) is 52.0 Å². The minimum Gasteiger partial charge on any atom is -0.358 e. The van der Waals surface area contributed by atoms with Crippen molar-refractivity contribution in [1.82, 2.24) is 4.98 Å². The SMILES string of the molecule is Cc1ccc2c(CC3CCCCC3N)c(C)[nH]c2c1. The Morgan fingerprint density at radius 1 is 1.21 bits per heavy atom. The molecular weight excluding hydrogens is 232 g/mol. The topological polar surface area (TPSA) is 41.8 Å². The molecule has 0 saturated heterocycles. The summed E-state index contributed by atoms with van der Waals surface area (Å²) in [5.74, 6) is 0.660. The molecule has 1 aliphatic rings. The van der Waals surface area contributed by atoms with Crippen LogP contribution in [0.1, 0.15) is 42.5 Å². The first-order valence-electron chi connectivity index (χ1n) is 7.48. The zero-order valence-corrected chi connectivity index (χ0v) is 12.0. The third-order valence-electron chi connectivity index (χ3n) is 4.71. The van der Waals surface area contributed by atoms with Gasteiger partial charge in [-0.2, -0.15) is 0 Å². The number of aryl methyl sites for hydroxylation is 2. The molecule has 3 N–H and O–H groups in total. The molecule has 1 heterocycles. The number of fused-ring (bicyclic) bond motifs is 1. The number of aromatic amines is 1. The molecule has 3 rings (SSSR count). The summed E-state index contributed by atoms with van der Waals surface area (Å²) in [5.41, 5.74) is 11.7. The molecule has 0 bridgehead atoms. The lowest BCUT2D eigenvalue weighted by Gasteiger charge is -2.28. The summed E-state index contributed by atoms with van der Waals surface area (Å²) < 4.78 is 0. The molecule has 2 unspecified atom stereocenters. The van der Waals surface area contributed by atoms with Crippen molar-refractivity contribution in [3.63, 3.8) is 0 Å². The van der Waals surface area contributed by atoms with Gasteiger partial charge in [0.15, 0.2) is 0 Å². The number of H-pyrrole nitrogens is 1. The molecule has 2 nitrogen and oxygen atoms in total. The molecule has 2 atom stereocenters. The molecule has 1 saturated carbocycles. The van der Waals surface area contributed by atoms with Gasteiger partial charge in [0.25, 0.3) is 0 Å².